The van der Waals surface area contributed by atoms with Crippen molar-refractivity contribution in [2.24, 2.45) is 0 Å². The number of hydrogen-bond acceptors (Lipinski definition) is 7. The number of H-pyrrole nitrogens is 1. The maximum absolute atomic E-state index is 12.7. The molecule has 0 saturated heterocycles. The third kappa shape index (κ3) is 8.79. The number of nitrogens with zero attached hydrogens (tertiary/aromatic N) is 1. The van der Waals surface area contributed by atoms with Gasteiger partial charge in [0.15, 0.2) is 14.1 Å². The van der Waals surface area contributed by atoms with E-state index >= 15 is 0 Å². The van der Waals surface area contributed by atoms with Gasteiger partial charge in [0.25, 0.3) is 0 Å². The van der Waals surface area contributed by atoms with Crippen LogP contribution >= 0.6 is 0 Å². The lowest BCUT2D eigenvalue weighted by Gasteiger charge is -2.41. The molecule has 0 bridgehead atoms. The number of aromatic amines is 1. The first kappa shape index (κ1) is 34.5. The van der Waals surface area contributed by atoms with Crippen molar-refractivity contribution in [2.75, 3.05) is 6.54 Å². The van der Waals surface area contributed by atoms with E-state index in [-0.39, 0.29) is 22.8 Å². The Hall–Kier alpha value is -3.96. The monoisotopic (exact) mass is 624 g/mol. The molecule has 2 aromatic carbocycles. The highest BCUT2D eigenvalue weighted by molar-refractivity contribution is 6.74. The highest BCUT2D eigenvalue weighted by Crippen LogP contribution is 2.42. The first-order valence-corrected chi connectivity index (χ1v) is 17.5. The van der Waals surface area contributed by atoms with Crippen molar-refractivity contribution in [3.8, 4) is 5.75 Å². The van der Waals surface area contributed by atoms with Crippen molar-refractivity contribution >= 4 is 37.8 Å². The highest BCUT2D eigenvalue weighted by atomic mass is 28.4. The standard InChI is InChI=1S/C33H44N2O8Si/c1-21(17-22-11-10-12-23(18-22)20-36)35(30(38)39)19-27(43-44(8,9)33(5,6)7)24-13-15-26(41-31(40)42-32(2,3)4)29-25(24)14-16-28(37)34-29/h10-16,18,20-21,27H,17,19H2,1-9H3,(H,34,37)(H,38,39). The van der Waals surface area contributed by atoms with Gasteiger partial charge >= 0.3 is 12.2 Å². The molecular weight excluding hydrogens is 580 g/mol. The number of carboxylic acid groups (broad SMARTS) is 1. The number of benzene rings is 2. The molecule has 3 aromatic rings. The molecule has 1 heterocycles. The molecule has 0 aliphatic heterocycles. The van der Waals surface area contributed by atoms with Crippen LogP contribution in [0.3, 0.4) is 0 Å². The van der Waals surface area contributed by atoms with Crippen molar-refractivity contribution in [1.29, 1.82) is 0 Å². The molecule has 2 unspecified atom stereocenters. The maximum atomic E-state index is 12.7. The Morgan fingerprint density at radius 2 is 1.73 bits per heavy atom. The molecule has 10 nitrogen and oxygen atoms in total. The van der Waals surface area contributed by atoms with Gasteiger partial charge in [-0.05, 0) is 81.6 Å². The van der Waals surface area contributed by atoms with Crippen LogP contribution in [0.5, 0.6) is 5.75 Å². The summed E-state index contributed by atoms with van der Waals surface area (Å²) < 4.78 is 17.7. The van der Waals surface area contributed by atoms with Gasteiger partial charge in [0.2, 0.25) is 5.56 Å². The number of carbonyl (C=O) groups is 3. The van der Waals surface area contributed by atoms with Crippen LogP contribution in [-0.4, -0.2) is 60.0 Å². The molecule has 0 saturated carbocycles. The Morgan fingerprint density at radius 1 is 1.05 bits per heavy atom. The van der Waals surface area contributed by atoms with E-state index in [1.165, 1.54) is 11.0 Å². The van der Waals surface area contributed by atoms with Gasteiger partial charge in [-0.15, -0.1) is 0 Å². The fraction of sp³-hybridized carbons (Fsp3) is 0.455. The minimum atomic E-state index is -2.47. The van der Waals surface area contributed by atoms with Crippen LogP contribution < -0.4 is 10.3 Å². The van der Waals surface area contributed by atoms with Gasteiger partial charge in [-0.2, -0.15) is 0 Å². The summed E-state index contributed by atoms with van der Waals surface area (Å²) in [6.45, 7) is 17.4. The van der Waals surface area contributed by atoms with E-state index in [0.717, 1.165) is 11.8 Å². The zero-order chi connectivity index (χ0) is 33.0. The zero-order valence-corrected chi connectivity index (χ0v) is 28.0. The number of ether oxygens (including phenoxy) is 2. The first-order valence-electron chi connectivity index (χ1n) is 14.6. The lowest BCUT2D eigenvalue weighted by molar-refractivity contribution is 0.0208. The van der Waals surface area contributed by atoms with E-state index in [4.69, 9.17) is 13.9 Å². The molecule has 238 valence electrons. The number of aldehydes is 1. The van der Waals surface area contributed by atoms with Crippen molar-refractivity contribution in [2.45, 2.75) is 90.8 Å². The average Bonchev–Trinajstić information content (AvgIpc) is 2.89. The van der Waals surface area contributed by atoms with Gasteiger partial charge < -0.3 is 28.9 Å². The second-order valence-electron chi connectivity index (χ2n) is 13.5. The number of nitrogens with one attached hydrogen (secondary N) is 1. The van der Waals surface area contributed by atoms with Crippen LogP contribution in [0.15, 0.2) is 53.3 Å². The zero-order valence-electron chi connectivity index (χ0n) is 27.0. The molecule has 1 amide bonds. The lowest BCUT2D eigenvalue weighted by atomic mass is 10.0. The van der Waals surface area contributed by atoms with Crippen molar-refractivity contribution in [1.82, 2.24) is 9.88 Å². The molecule has 0 aliphatic rings. The predicted molar refractivity (Wildman–Crippen MR) is 172 cm³/mol. The van der Waals surface area contributed by atoms with E-state index in [0.29, 0.717) is 22.9 Å². The van der Waals surface area contributed by atoms with Gasteiger partial charge in [-0.3, -0.25) is 9.59 Å². The number of amides is 1. The van der Waals surface area contributed by atoms with E-state index in [1.807, 2.05) is 13.0 Å². The number of rotatable bonds is 10. The molecule has 0 radical (unpaired) electrons. The molecule has 0 spiro atoms. The van der Waals surface area contributed by atoms with Crippen LogP contribution in [0.4, 0.5) is 9.59 Å². The molecule has 3 rings (SSSR count). The summed E-state index contributed by atoms with van der Waals surface area (Å²) in [5.74, 6) is 0.0975. The van der Waals surface area contributed by atoms with E-state index in [2.05, 4.69) is 38.8 Å². The summed E-state index contributed by atoms with van der Waals surface area (Å²) in [6, 6.07) is 12.9. The Kier molecular flexibility index (Phi) is 10.5. The number of pyridine rings is 1. The predicted octanol–water partition coefficient (Wildman–Crippen LogP) is 7.33. The fourth-order valence-electron chi connectivity index (χ4n) is 4.58. The minimum absolute atomic E-state index is 0.00310. The largest absolute Gasteiger partial charge is 0.514 e. The Bertz CT molecular complexity index is 1570. The summed E-state index contributed by atoms with van der Waals surface area (Å²) in [7, 11) is -2.47. The molecule has 11 heteroatoms. The SMILES string of the molecule is CC(Cc1cccc(C=O)c1)N(CC(O[Si](C)(C)C(C)(C)C)c1ccc(OC(=O)OC(C)(C)C)c2[nH]c(=O)ccc12)C(=O)O. The average molecular weight is 625 g/mol. The Labute approximate surface area is 259 Å². The summed E-state index contributed by atoms with van der Waals surface area (Å²) in [5, 5.41) is 10.7. The Morgan fingerprint density at radius 3 is 2.32 bits per heavy atom. The van der Waals surface area contributed by atoms with E-state index in [9.17, 15) is 24.3 Å². The van der Waals surface area contributed by atoms with Gasteiger partial charge in [0.1, 0.15) is 11.9 Å². The van der Waals surface area contributed by atoms with Crippen LogP contribution in [0.1, 0.15) is 76.1 Å². The summed E-state index contributed by atoms with van der Waals surface area (Å²) >= 11 is 0. The van der Waals surface area contributed by atoms with Crippen LogP contribution in [0, 0.1) is 0 Å². The molecule has 0 fully saturated rings. The van der Waals surface area contributed by atoms with E-state index in [1.54, 1.807) is 57.2 Å². The van der Waals surface area contributed by atoms with Crippen LogP contribution in [0.25, 0.3) is 10.9 Å². The smallest absolute Gasteiger partial charge is 0.465 e. The highest BCUT2D eigenvalue weighted by Gasteiger charge is 2.41. The summed E-state index contributed by atoms with van der Waals surface area (Å²) in [5.41, 5.74) is 1.08. The third-order valence-corrected chi connectivity index (χ3v) is 12.3. The molecule has 1 aromatic heterocycles. The molecular formula is C33H44N2O8Si. The van der Waals surface area contributed by atoms with Crippen LogP contribution in [-0.2, 0) is 15.6 Å². The van der Waals surface area contributed by atoms with E-state index < -0.39 is 43.9 Å². The van der Waals surface area contributed by atoms with Gasteiger partial charge in [-0.1, -0.05) is 45.0 Å². The number of carbonyl (C=O) groups excluding carboxylic acids is 2. The fourth-order valence-corrected chi connectivity index (χ4v) is 5.84. The summed E-state index contributed by atoms with van der Waals surface area (Å²) in [6.07, 6.45) is -1.61. The van der Waals surface area contributed by atoms with Crippen LogP contribution in [0.2, 0.25) is 18.1 Å². The number of hydrogen-bond donors (Lipinski definition) is 2. The quantitative estimate of drug-likeness (QED) is 0.104. The lowest BCUT2D eigenvalue weighted by Crippen LogP contribution is -2.47. The van der Waals surface area contributed by atoms with Crippen molar-refractivity contribution < 1.29 is 33.4 Å². The Balaban J connectivity index is 2.10. The third-order valence-electron chi connectivity index (χ3n) is 7.82. The van der Waals surface area contributed by atoms with Crippen molar-refractivity contribution in [3.05, 3.63) is 75.6 Å². The second kappa shape index (κ2) is 13.4. The normalized spacial score (nSPS) is 13.7. The molecule has 2 atom stereocenters. The van der Waals surface area contributed by atoms with Gasteiger partial charge in [-0.25, -0.2) is 9.59 Å². The molecule has 0 aliphatic carbocycles. The number of aromatic nitrogens is 1. The topological polar surface area (TPSA) is 135 Å². The number of fused-ring (bicyclic) bond motifs is 1. The van der Waals surface area contributed by atoms with Crippen molar-refractivity contribution in [3.63, 3.8) is 0 Å². The molecule has 44 heavy (non-hydrogen) atoms. The second-order valence-corrected chi connectivity index (χ2v) is 18.3. The molecule has 2 N–H and O–H groups in total. The summed E-state index contributed by atoms with van der Waals surface area (Å²) in [4.78, 5) is 53.0. The maximum Gasteiger partial charge on any atom is 0.514 e. The first-order chi connectivity index (χ1) is 20.3. The van der Waals surface area contributed by atoms with Gasteiger partial charge in [0, 0.05) is 23.1 Å². The minimum Gasteiger partial charge on any atom is -0.465 e. The van der Waals surface area contributed by atoms with Gasteiger partial charge in [0.05, 0.1) is 18.2 Å².